The lowest BCUT2D eigenvalue weighted by atomic mass is 10.0. The van der Waals surface area contributed by atoms with Crippen LogP contribution in [0.1, 0.15) is 12.5 Å². The van der Waals surface area contributed by atoms with E-state index >= 15 is 0 Å². The van der Waals surface area contributed by atoms with Crippen LogP contribution in [0.25, 0.3) is 0 Å². The van der Waals surface area contributed by atoms with E-state index in [-0.39, 0.29) is 11.8 Å². The number of anilines is 1. The van der Waals surface area contributed by atoms with Gasteiger partial charge in [0.2, 0.25) is 5.91 Å². The van der Waals surface area contributed by atoms with Crippen molar-refractivity contribution in [3.63, 3.8) is 0 Å². The molecule has 3 rings (SSSR count). The Morgan fingerprint density at radius 1 is 1.41 bits per heavy atom. The third kappa shape index (κ3) is 2.60. The minimum atomic E-state index is -0.510. The van der Waals surface area contributed by atoms with Crippen LogP contribution in [0.4, 0.5) is 5.69 Å². The summed E-state index contributed by atoms with van der Waals surface area (Å²) in [6.45, 7) is 2.20. The normalized spacial score (nSPS) is 19.6. The van der Waals surface area contributed by atoms with Crippen molar-refractivity contribution >= 4 is 29.4 Å². The number of nitrogens with zero attached hydrogens (tertiary/aromatic N) is 2. The van der Waals surface area contributed by atoms with Gasteiger partial charge < -0.3 is 11.1 Å². The average Bonchev–Trinajstić information content (AvgIpc) is 2.88. The molecule has 2 heterocycles. The standard InChI is InChI=1S/C15H15N5O2/c1-9-12(8-17-13-6-14(21)19-20(9)13)15(22)18-7-10-2-4-11(16)5-3-10/h2-6,8,12H,7,16H2,1H3,(H-,18,19,21,22)/p+1. The van der Waals surface area contributed by atoms with Crippen LogP contribution in [-0.4, -0.2) is 28.4 Å². The minimum absolute atomic E-state index is 0.168. The van der Waals surface area contributed by atoms with Gasteiger partial charge in [-0.3, -0.25) is 9.59 Å². The molecule has 1 aromatic rings. The van der Waals surface area contributed by atoms with E-state index in [0.717, 1.165) is 5.56 Å². The number of benzene rings is 1. The quantitative estimate of drug-likeness (QED) is 0.538. The summed E-state index contributed by atoms with van der Waals surface area (Å²) in [6, 6.07) is 7.31. The highest BCUT2D eigenvalue weighted by atomic mass is 16.2. The summed E-state index contributed by atoms with van der Waals surface area (Å²) in [6.07, 6.45) is 2.94. The van der Waals surface area contributed by atoms with Gasteiger partial charge in [0.25, 0.3) is 5.91 Å². The van der Waals surface area contributed by atoms with Crippen molar-refractivity contribution < 1.29 is 14.3 Å². The van der Waals surface area contributed by atoms with E-state index < -0.39 is 5.92 Å². The van der Waals surface area contributed by atoms with Gasteiger partial charge in [-0.1, -0.05) is 17.1 Å². The fourth-order valence-electron chi connectivity index (χ4n) is 2.34. The fourth-order valence-corrected chi connectivity index (χ4v) is 2.34. The molecule has 22 heavy (non-hydrogen) atoms. The maximum absolute atomic E-state index is 12.3. The monoisotopic (exact) mass is 298 g/mol. The van der Waals surface area contributed by atoms with Gasteiger partial charge in [-0.05, 0) is 24.6 Å². The largest absolute Gasteiger partial charge is 0.399 e. The van der Waals surface area contributed by atoms with Crippen LogP contribution in [0.3, 0.4) is 0 Å². The SMILES string of the molecule is CC1=[N+]2NC(=O)C=C2N=CC1C(=O)NCc1ccc(N)cc1. The number of amides is 2. The molecule has 1 unspecified atom stereocenters. The minimum Gasteiger partial charge on any atom is -0.399 e. The molecule has 2 aliphatic heterocycles. The summed E-state index contributed by atoms with van der Waals surface area (Å²) in [5.74, 6) is -0.415. The molecule has 2 aliphatic rings. The number of fused-ring (bicyclic) bond motifs is 1. The first kappa shape index (κ1) is 14.0. The van der Waals surface area contributed by atoms with Crippen molar-refractivity contribution in [3.05, 3.63) is 41.7 Å². The Morgan fingerprint density at radius 3 is 2.86 bits per heavy atom. The van der Waals surface area contributed by atoms with E-state index in [2.05, 4.69) is 15.7 Å². The van der Waals surface area contributed by atoms with E-state index in [9.17, 15) is 9.59 Å². The second-order valence-corrected chi connectivity index (χ2v) is 5.17. The molecule has 7 nitrogen and oxygen atoms in total. The topological polar surface area (TPSA) is 99.6 Å². The first-order valence-corrected chi connectivity index (χ1v) is 6.87. The molecule has 7 heteroatoms. The highest BCUT2D eigenvalue weighted by Crippen LogP contribution is 2.14. The Bertz CT molecular complexity index is 731. The van der Waals surface area contributed by atoms with E-state index in [1.165, 1.54) is 10.8 Å². The molecule has 0 spiro atoms. The maximum atomic E-state index is 12.3. The van der Waals surface area contributed by atoms with Crippen molar-refractivity contribution in [2.75, 3.05) is 5.73 Å². The zero-order chi connectivity index (χ0) is 15.7. The Hall–Kier alpha value is -2.96. The highest BCUT2D eigenvalue weighted by Gasteiger charge is 2.36. The van der Waals surface area contributed by atoms with Crippen LogP contribution < -0.4 is 16.5 Å². The number of nitrogens with two attached hydrogens (primary N) is 1. The number of carbonyl (C=O) groups excluding carboxylic acids is 2. The molecule has 0 aliphatic carbocycles. The van der Waals surface area contributed by atoms with Crippen LogP contribution in [0.5, 0.6) is 0 Å². The van der Waals surface area contributed by atoms with E-state index in [0.29, 0.717) is 23.8 Å². The van der Waals surface area contributed by atoms with Crippen LogP contribution >= 0.6 is 0 Å². The summed E-state index contributed by atoms with van der Waals surface area (Å²) >= 11 is 0. The first-order chi connectivity index (χ1) is 10.5. The molecular formula is C15H16N5O2+. The smallest absolute Gasteiger partial charge is 0.351 e. The second kappa shape index (κ2) is 5.44. The summed E-state index contributed by atoms with van der Waals surface area (Å²) in [4.78, 5) is 27.8. The molecule has 2 amide bonds. The van der Waals surface area contributed by atoms with Crippen molar-refractivity contribution in [2.24, 2.45) is 10.9 Å². The lowest BCUT2D eigenvalue weighted by Crippen LogP contribution is -2.43. The van der Waals surface area contributed by atoms with Crippen LogP contribution in [0.2, 0.25) is 0 Å². The Morgan fingerprint density at radius 2 is 2.14 bits per heavy atom. The van der Waals surface area contributed by atoms with Crippen molar-refractivity contribution in [3.8, 4) is 0 Å². The summed E-state index contributed by atoms with van der Waals surface area (Å²) in [5.41, 5.74) is 10.6. The molecule has 0 bridgehead atoms. The van der Waals surface area contributed by atoms with Gasteiger partial charge in [-0.15, -0.1) is 4.68 Å². The first-order valence-electron chi connectivity index (χ1n) is 6.87. The summed E-state index contributed by atoms with van der Waals surface area (Å²) in [7, 11) is 0. The average molecular weight is 298 g/mol. The zero-order valence-electron chi connectivity index (χ0n) is 12.0. The van der Waals surface area contributed by atoms with Gasteiger partial charge in [0, 0.05) is 12.2 Å². The van der Waals surface area contributed by atoms with Gasteiger partial charge in [0.05, 0.1) is 0 Å². The maximum Gasteiger partial charge on any atom is 0.351 e. The number of hydrazone groups is 1. The van der Waals surface area contributed by atoms with E-state index in [1.54, 1.807) is 25.3 Å². The molecule has 112 valence electrons. The van der Waals surface area contributed by atoms with Gasteiger partial charge in [-0.25, -0.2) is 0 Å². The molecule has 1 aromatic carbocycles. The van der Waals surface area contributed by atoms with Gasteiger partial charge in [-0.2, -0.15) is 5.43 Å². The van der Waals surface area contributed by atoms with Crippen molar-refractivity contribution in [2.45, 2.75) is 13.5 Å². The molecule has 0 saturated heterocycles. The summed E-state index contributed by atoms with van der Waals surface area (Å²) in [5, 5.41) is 2.86. The number of aliphatic imine (C=N–C) groups is 1. The predicted octanol–water partition coefficient (Wildman–Crippen LogP) is -0.0548. The number of hydrogen-bond donors (Lipinski definition) is 3. The highest BCUT2D eigenvalue weighted by molar-refractivity contribution is 6.14. The van der Waals surface area contributed by atoms with Gasteiger partial charge in [0.1, 0.15) is 18.0 Å². The molecule has 0 radical (unpaired) electrons. The van der Waals surface area contributed by atoms with Crippen molar-refractivity contribution in [1.29, 1.82) is 0 Å². The van der Waals surface area contributed by atoms with E-state index in [1.807, 2.05) is 12.1 Å². The van der Waals surface area contributed by atoms with Crippen LogP contribution in [0, 0.1) is 5.92 Å². The van der Waals surface area contributed by atoms with Gasteiger partial charge >= 0.3 is 5.82 Å². The van der Waals surface area contributed by atoms with Crippen LogP contribution in [-0.2, 0) is 16.1 Å². The lowest BCUT2D eigenvalue weighted by Gasteiger charge is -2.14. The van der Waals surface area contributed by atoms with Crippen molar-refractivity contribution in [1.82, 2.24) is 10.7 Å². The third-order valence-electron chi connectivity index (χ3n) is 3.60. The zero-order valence-corrected chi connectivity index (χ0v) is 12.0. The fraction of sp³-hybridized carbons (Fsp3) is 0.200. The third-order valence-corrected chi connectivity index (χ3v) is 3.60. The molecule has 0 fully saturated rings. The van der Waals surface area contributed by atoms with Crippen LogP contribution in [0.15, 0.2) is 41.2 Å². The molecule has 0 saturated carbocycles. The number of hydrogen-bond acceptors (Lipinski definition) is 4. The predicted molar refractivity (Wildman–Crippen MR) is 81.9 cm³/mol. The van der Waals surface area contributed by atoms with Gasteiger partial charge in [0.15, 0.2) is 5.92 Å². The Labute approximate surface area is 127 Å². The second-order valence-electron chi connectivity index (χ2n) is 5.17. The Kier molecular flexibility index (Phi) is 3.46. The molecule has 1 atom stereocenters. The number of rotatable bonds is 3. The number of nitrogens with one attached hydrogen (secondary N) is 2. The number of hydrazine groups is 1. The van der Waals surface area contributed by atoms with E-state index in [4.69, 9.17) is 5.73 Å². The number of nitrogen functional groups attached to an aromatic ring is 1. The Balaban J connectivity index is 1.68. The lowest BCUT2D eigenvalue weighted by molar-refractivity contribution is -0.522. The summed E-state index contributed by atoms with van der Waals surface area (Å²) < 4.78 is 1.54. The molecule has 0 aromatic heterocycles. The number of carbonyl (C=O) groups is 2. The molecular weight excluding hydrogens is 282 g/mol. The molecule has 4 N–H and O–H groups in total.